The van der Waals surface area contributed by atoms with Crippen LogP contribution in [-0.4, -0.2) is 17.0 Å². The number of allylic oxidation sites excluding steroid dienone is 2. The number of benzene rings is 1. The molecule has 1 aliphatic rings. The fourth-order valence-corrected chi connectivity index (χ4v) is 2.56. The first-order valence-corrected chi connectivity index (χ1v) is 6.92. The minimum Gasteiger partial charge on any atom is -0.481 e. The van der Waals surface area contributed by atoms with Gasteiger partial charge in [-0.15, -0.1) is 0 Å². The van der Waals surface area contributed by atoms with Gasteiger partial charge in [0, 0.05) is 0 Å². The molecule has 0 bridgehead atoms. The van der Waals surface area contributed by atoms with Crippen LogP contribution in [-0.2, 0) is 9.59 Å². The number of aliphatic carboxylic acids is 1. The molecule has 0 fully saturated rings. The summed E-state index contributed by atoms with van der Waals surface area (Å²) in [5, 5.41) is 12.0. The maximum atomic E-state index is 13.2. The molecule has 0 saturated heterocycles. The molecule has 0 heterocycles. The standard InChI is InChI=1S/C16H18FNO3/c1-10(11-5-4-6-12(17)9-11)18-15(19)13-7-2-3-8-14(13)16(20)21/h2-6,9-10,13-14H,7-8H2,1H3,(H,18,19)(H,20,21). The summed E-state index contributed by atoms with van der Waals surface area (Å²) in [4.78, 5) is 23.5. The summed E-state index contributed by atoms with van der Waals surface area (Å²) in [6.45, 7) is 1.75. The minimum atomic E-state index is -0.960. The van der Waals surface area contributed by atoms with E-state index in [1.807, 2.05) is 6.08 Å². The molecule has 0 spiro atoms. The molecule has 0 saturated carbocycles. The van der Waals surface area contributed by atoms with Crippen molar-refractivity contribution < 1.29 is 19.1 Å². The van der Waals surface area contributed by atoms with Gasteiger partial charge in [0.25, 0.3) is 0 Å². The summed E-state index contributed by atoms with van der Waals surface area (Å²) in [6, 6.07) is 5.64. The Morgan fingerprint density at radius 3 is 2.57 bits per heavy atom. The van der Waals surface area contributed by atoms with Crippen molar-refractivity contribution in [3.05, 3.63) is 47.8 Å². The number of nitrogens with one attached hydrogen (secondary N) is 1. The molecule has 112 valence electrons. The van der Waals surface area contributed by atoms with Gasteiger partial charge in [-0.3, -0.25) is 9.59 Å². The van der Waals surface area contributed by atoms with E-state index in [9.17, 15) is 19.1 Å². The SMILES string of the molecule is CC(NC(=O)C1CC=CCC1C(=O)O)c1cccc(F)c1. The van der Waals surface area contributed by atoms with Crippen LogP contribution in [0.3, 0.4) is 0 Å². The summed E-state index contributed by atoms with van der Waals surface area (Å²) < 4.78 is 13.2. The van der Waals surface area contributed by atoms with Crippen molar-refractivity contribution in [3.8, 4) is 0 Å². The molecule has 5 heteroatoms. The van der Waals surface area contributed by atoms with Gasteiger partial charge < -0.3 is 10.4 Å². The van der Waals surface area contributed by atoms with Crippen LogP contribution in [0.25, 0.3) is 0 Å². The first-order valence-electron chi connectivity index (χ1n) is 6.92. The lowest BCUT2D eigenvalue weighted by Crippen LogP contribution is -2.39. The number of halogens is 1. The Kier molecular flexibility index (Phi) is 4.73. The van der Waals surface area contributed by atoms with E-state index in [0.717, 1.165) is 0 Å². The van der Waals surface area contributed by atoms with E-state index >= 15 is 0 Å². The summed E-state index contributed by atoms with van der Waals surface area (Å²) >= 11 is 0. The van der Waals surface area contributed by atoms with Gasteiger partial charge in [0.1, 0.15) is 5.82 Å². The lowest BCUT2D eigenvalue weighted by molar-refractivity contribution is -0.147. The van der Waals surface area contributed by atoms with E-state index in [0.29, 0.717) is 18.4 Å². The molecule has 1 aromatic rings. The van der Waals surface area contributed by atoms with Crippen LogP contribution in [0, 0.1) is 17.7 Å². The van der Waals surface area contributed by atoms with Crippen molar-refractivity contribution in [2.75, 3.05) is 0 Å². The highest BCUT2D eigenvalue weighted by Gasteiger charge is 2.34. The van der Waals surface area contributed by atoms with Gasteiger partial charge in [0.2, 0.25) is 5.91 Å². The van der Waals surface area contributed by atoms with E-state index in [1.165, 1.54) is 12.1 Å². The maximum Gasteiger partial charge on any atom is 0.307 e. The second-order valence-electron chi connectivity index (χ2n) is 5.28. The zero-order chi connectivity index (χ0) is 15.4. The van der Waals surface area contributed by atoms with Crippen LogP contribution in [0.15, 0.2) is 36.4 Å². The van der Waals surface area contributed by atoms with Crippen LogP contribution >= 0.6 is 0 Å². The van der Waals surface area contributed by atoms with Gasteiger partial charge in [0.05, 0.1) is 17.9 Å². The van der Waals surface area contributed by atoms with Crippen molar-refractivity contribution in [3.63, 3.8) is 0 Å². The molecule has 2 rings (SSSR count). The van der Waals surface area contributed by atoms with Crippen LogP contribution < -0.4 is 5.32 Å². The van der Waals surface area contributed by atoms with Crippen molar-refractivity contribution in [1.82, 2.24) is 5.32 Å². The van der Waals surface area contributed by atoms with Crippen molar-refractivity contribution in [2.24, 2.45) is 11.8 Å². The summed E-state index contributed by atoms with van der Waals surface area (Å²) in [5.41, 5.74) is 0.654. The van der Waals surface area contributed by atoms with Gasteiger partial charge in [-0.2, -0.15) is 0 Å². The smallest absolute Gasteiger partial charge is 0.307 e. The van der Waals surface area contributed by atoms with Crippen LogP contribution in [0.1, 0.15) is 31.4 Å². The molecule has 3 unspecified atom stereocenters. The highest BCUT2D eigenvalue weighted by Crippen LogP contribution is 2.27. The average molecular weight is 291 g/mol. The number of carboxylic acid groups (broad SMARTS) is 1. The van der Waals surface area contributed by atoms with Crippen LogP contribution in [0.4, 0.5) is 4.39 Å². The zero-order valence-corrected chi connectivity index (χ0v) is 11.8. The third-order valence-corrected chi connectivity index (χ3v) is 3.79. The third kappa shape index (κ3) is 3.68. The highest BCUT2D eigenvalue weighted by atomic mass is 19.1. The predicted molar refractivity (Wildman–Crippen MR) is 75.9 cm³/mol. The van der Waals surface area contributed by atoms with E-state index < -0.39 is 17.8 Å². The van der Waals surface area contributed by atoms with Gasteiger partial charge >= 0.3 is 5.97 Å². The molecule has 0 radical (unpaired) electrons. The van der Waals surface area contributed by atoms with Gasteiger partial charge in [0.15, 0.2) is 0 Å². The Balaban J connectivity index is 2.06. The summed E-state index contributed by atoms with van der Waals surface area (Å²) in [7, 11) is 0. The molecule has 1 aliphatic carbocycles. The average Bonchev–Trinajstić information content (AvgIpc) is 2.47. The lowest BCUT2D eigenvalue weighted by atomic mass is 9.82. The molecule has 3 atom stereocenters. The van der Waals surface area contributed by atoms with E-state index in [2.05, 4.69) is 5.32 Å². The normalized spacial score (nSPS) is 22.6. The number of carbonyl (C=O) groups excluding carboxylic acids is 1. The second-order valence-corrected chi connectivity index (χ2v) is 5.28. The number of carbonyl (C=O) groups is 2. The number of carboxylic acids is 1. The van der Waals surface area contributed by atoms with Crippen LogP contribution in [0.5, 0.6) is 0 Å². The molecule has 2 N–H and O–H groups in total. The topological polar surface area (TPSA) is 66.4 Å². The number of amides is 1. The van der Waals surface area contributed by atoms with Gasteiger partial charge in [-0.1, -0.05) is 24.3 Å². The third-order valence-electron chi connectivity index (χ3n) is 3.79. The van der Waals surface area contributed by atoms with E-state index in [1.54, 1.807) is 25.1 Å². The van der Waals surface area contributed by atoms with Crippen molar-refractivity contribution >= 4 is 11.9 Å². The monoisotopic (exact) mass is 291 g/mol. The van der Waals surface area contributed by atoms with Crippen molar-refractivity contribution in [2.45, 2.75) is 25.8 Å². The van der Waals surface area contributed by atoms with Gasteiger partial charge in [-0.05, 0) is 37.5 Å². The Morgan fingerprint density at radius 1 is 1.29 bits per heavy atom. The summed E-state index contributed by atoms with van der Waals surface area (Å²) in [5.74, 6) is -2.91. The quantitative estimate of drug-likeness (QED) is 0.838. The highest BCUT2D eigenvalue weighted by molar-refractivity contribution is 5.85. The fourth-order valence-electron chi connectivity index (χ4n) is 2.56. The molecular weight excluding hydrogens is 273 g/mol. The van der Waals surface area contributed by atoms with Crippen LogP contribution in [0.2, 0.25) is 0 Å². The molecule has 21 heavy (non-hydrogen) atoms. The lowest BCUT2D eigenvalue weighted by Gasteiger charge is -2.26. The number of rotatable bonds is 4. The van der Waals surface area contributed by atoms with Gasteiger partial charge in [-0.25, -0.2) is 4.39 Å². The summed E-state index contributed by atoms with van der Waals surface area (Å²) in [6.07, 6.45) is 4.40. The second kappa shape index (κ2) is 6.52. The molecule has 1 amide bonds. The fraction of sp³-hybridized carbons (Fsp3) is 0.375. The van der Waals surface area contributed by atoms with E-state index in [-0.39, 0.29) is 17.8 Å². The molecular formula is C16H18FNO3. The maximum absolute atomic E-state index is 13.2. The number of hydrogen-bond donors (Lipinski definition) is 2. The first-order chi connectivity index (χ1) is 9.99. The Hall–Kier alpha value is -2.17. The molecule has 0 aliphatic heterocycles. The number of hydrogen-bond acceptors (Lipinski definition) is 2. The van der Waals surface area contributed by atoms with Crippen molar-refractivity contribution in [1.29, 1.82) is 0 Å². The minimum absolute atomic E-state index is 0.302. The molecule has 4 nitrogen and oxygen atoms in total. The molecule has 1 aromatic carbocycles. The van der Waals surface area contributed by atoms with E-state index in [4.69, 9.17) is 0 Å². The Morgan fingerprint density at radius 2 is 1.95 bits per heavy atom. The molecule has 0 aromatic heterocycles. The predicted octanol–water partition coefficient (Wildman–Crippen LogP) is 2.67. The largest absolute Gasteiger partial charge is 0.481 e. The zero-order valence-electron chi connectivity index (χ0n) is 11.8. The Labute approximate surface area is 122 Å². The Bertz CT molecular complexity index is 570. The first kappa shape index (κ1) is 15.2.